The van der Waals surface area contributed by atoms with E-state index in [1.807, 2.05) is 6.92 Å². The van der Waals surface area contributed by atoms with Crippen LogP contribution in [0.3, 0.4) is 0 Å². The number of benzene rings is 1. The third kappa shape index (κ3) is 5.65. The van der Waals surface area contributed by atoms with Crippen LogP contribution in [0.1, 0.15) is 25.3 Å². The zero-order chi connectivity index (χ0) is 15.8. The summed E-state index contributed by atoms with van der Waals surface area (Å²) in [6.07, 6.45) is 2.40. The largest absolute Gasteiger partial charge is 0.469 e. The van der Waals surface area contributed by atoms with Crippen LogP contribution in [-0.2, 0) is 14.3 Å². The number of methoxy groups -OCH3 is 1. The fraction of sp³-hybridized carbons (Fsp3) is 0.235. The average Bonchev–Trinajstić information content (AvgIpc) is 2.46. The number of allylic oxidation sites excluding steroid dienone is 2. The van der Waals surface area contributed by atoms with E-state index >= 15 is 0 Å². The van der Waals surface area contributed by atoms with Crippen LogP contribution >= 0.6 is 0 Å². The van der Waals surface area contributed by atoms with Crippen LogP contribution < -0.4 is 0 Å². The second-order valence-electron chi connectivity index (χ2n) is 4.41. The molecule has 0 radical (unpaired) electrons. The summed E-state index contributed by atoms with van der Waals surface area (Å²) >= 11 is 0. The van der Waals surface area contributed by atoms with E-state index in [4.69, 9.17) is 4.74 Å². The van der Waals surface area contributed by atoms with Gasteiger partial charge in [0, 0.05) is 12.0 Å². The third-order valence-corrected chi connectivity index (χ3v) is 2.73. The Morgan fingerprint density at radius 2 is 1.90 bits per heavy atom. The smallest absolute Gasteiger partial charge is 0.309 e. The van der Waals surface area contributed by atoms with E-state index in [1.165, 1.54) is 19.2 Å². The summed E-state index contributed by atoms with van der Waals surface area (Å²) in [4.78, 5) is 11.2. The number of rotatable bonds is 7. The SMILES string of the molecule is C=C(/C=C(\CC)OC(=C)c1ccc(F)cc1)CC(=O)OC. The van der Waals surface area contributed by atoms with Crippen molar-refractivity contribution in [3.05, 3.63) is 66.2 Å². The molecule has 0 aliphatic carbocycles. The molecule has 0 unspecified atom stereocenters. The number of esters is 1. The van der Waals surface area contributed by atoms with Crippen molar-refractivity contribution >= 4 is 11.7 Å². The van der Waals surface area contributed by atoms with Crippen LogP contribution in [-0.4, -0.2) is 13.1 Å². The van der Waals surface area contributed by atoms with Gasteiger partial charge in [-0.15, -0.1) is 0 Å². The fourth-order valence-electron chi connectivity index (χ4n) is 1.59. The molecule has 112 valence electrons. The molecule has 0 aliphatic heterocycles. The fourth-order valence-corrected chi connectivity index (χ4v) is 1.59. The predicted molar refractivity (Wildman–Crippen MR) is 80.7 cm³/mol. The highest BCUT2D eigenvalue weighted by atomic mass is 19.1. The summed E-state index contributed by atoms with van der Waals surface area (Å²) < 4.78 is 23.1. The van der Waals surface area contributed by atoms with Crippen LogP contribution in [0.25, 0.3) is 5.76 Å². The number of carbonyl (C=O) groups is 1. The first-order valence-corrected chi connectivity index (χ1v) is 6.54. The first-order valence-electron chi connectivity index (χ1n) is 6.54. The highest BCUT2D eigenvalue weighted by Crippen LogP contribution is 2.20. The lowest BCUT2D eigenvalue weighted by atomic mass is 10.1. The minimum atomic E-state index is -0.357. The molecule has 0 fully saturated rings. The Labute approximate surface area is 124 Å². The lowest BCUT2D eigenvalue weighted by molar-refractivity contribution is -0.139. The Morgan fingerprint density at radius 1 is 1.29 bits per heavy atom. The molecule has 1 aromatic rings. The minimum absolute atomic E-state index is 0.104. The standard InChI is InChI=1S/C17H19FO3/c1-5-16(10-12(2)11-17(19)20-4)21-13(3)14-6-8-15(18)9-7-14/h6-10H,2-3,5,11H2,1,4H3/b16-10+. The summed E-state index contributed by atoms with van der Waals surface area (Å²) in [7, 11) is 1.33. The molecule has 0 N–H and O–H groups in total. The van der Waals surface area contributed by atoms with Crippen molar-refractivity contribution in [3.63, 3.8) is 0 Å². The highest BCUT2D eigenvalue weighted by molar-refractivity contribution is 5.73. The van der Waals surface area contributed by atoms with Gasteiger partial charge in [-0.3, -0.25) is 4.79 Å². The maximum absolute atomic E-state index is 12.9. The normalized spacial score (nSPS) is 10.9. The molecule has 0 bridgehead atoms. The van der Waals surface area contributed by atoms with E-state index in [9.17, 15) is 9.18 Å². The Morgan fingerprint density at radius 3 is 2.43 bits per heavy atom. The van der Waals surface area contributed by atoms with E-state index in [-0.39, 0.29) is 18.2 Å². The summed E-state index contributed by atoms with van der Waals surface area (Å²) in [6.45, 7) is 9.52. The van der Waals surface area contributed by atoms with E-state index < -0.39 is 0 Å². The van der Waals surface area contributed by atoms with E-state index in [1.54, 1.807) is 18.2 Å². The average molecular weight is 290 g/mol. The molecule has 1 rings (SSSR count). The number of ether oxygens (including phenoxy) is 2. The number of halogens is 1. The summed E-state index contributed by atoms with van der Waals surface area (Å²) in [5.74, 6) is 0.362. The second-order valence-corrected chi connectivity index (χ2v) is 4.41. The molecule has 0 amide bonds. The maximum Gasteiger partial charge on any atom is 0.309 e. The Balaban J connectivity index is 2.72. The monoisotopic (exact) mass is 290 g/mol. The molecule has 0 spiro atoms. The van der Waals surface area contributed by atoms with Gasteiger partial charge >= 0.3 is 5.97 Å². The van der Waals surface area contributed by atoms with Crippen molar-refractivity contribution in [2.24, 2.45) is 0 Å². The van der Waals surface area contributed by atoms with Gasteiger partial charge in [-0.2, -0.15) is 0 Å². The highest BCUT2D eigenvalue weighted by Gasteiger charge is 2.06. The Bertz CT molecular complexity index is 556. The van der Waals surface area contributed by atoms with Crippen LogP contribution in [0.2, 0.25) is 0 Å². The van der Waals surface area contributed by atoms with Crippen molar-refractivity contribution in [1.29, 1.82) is 0 Å². The number of hydrogen-bond acceptors (Lipinski definition) is 3. The second kappa shape index (κ2) is 8.04. The lowest BCUT2D eigenvalue weighted by Gasteiger charge is -2.12. The molecular weight excluding hydrogens is 271 g/mol. The summed E-state index contributed by atoms with van der Waals surface area (Å²) in [5.41, 5.74) is 1.28. The van der Waals surface area contributed by atoms with Crippen molar-refractivity contribution in [3.8, 4) is 0 Å². The van der Waals surface area contributed by atoms with Gasteiger partial charge in [0.2, 0.25) is 0 Å². The topological polar surface area (TPSA) is 35.5 Å². The summed E-state index contributed by atoms with van der Waals surface area (Å²) in [6, 6.07) is 5.87. The molecule has 0 aliphatic rings. The maximum atomic E-state index is 12.9. The quantitative estimate of drug-likeness (QED) is 0.428. The van der Waals surface area contributed by atoms with Gasteiger partial charge < -0.3 is 9.47 Å². The molecule has 0 heterocycles. The van der Waals surface area contributed by atoms with Crippen LogP contribution in [0.4, 0.5) is 4.39 Å². The molecule has 0 saturated heterocycles. The van der Waals surface area contributed by atoms with Crippen LogP contribution in [0, 0.1) is 5.82 Å². The van der Waals surface area contributed by atoms with Crippen LogP contribution in [0.15, 0.2) is 54.8 Å². The molecule has 0 atom stereocenters. The molecule has 1 aromatic carbocycles. The number of carbonyl (C=O) groups excluding carboxylic acids is 1. The molecule has 0 saturated carbocycles. The molecule has 21 heavy (non-hydrogen) atoms. The first-order chi connectivity index (χ1) is 9.96. The molecule has 0 aromatic heterocycles. The van der Waals surface area contributed by atoms with Gasteiger partial charge in [0.15, 0.2) is 0 Å². The molecule has 3 nitrogen and oxygen atoms in total. The van der Waals surface area contributed by atoms with Crippen molar-refractivity contribution < 1.29 is 18.7 Å². The zero-order valence-corrected chi connectivity index (χ0v) is 12.3. The van der Waals surface area contributed by atoms with Crippen molar-refractivity contribution in [1.82, 2.24) is 0 Å². The zero-order valence-electron chi connectivity index (χ0n) is 12.3. The van der Waals surface area contributed by atoms with Crippen LogP contribution in [0.5, 0.6) is 0 Å². The van der Waals surface area contributed by atoms with Gasteiger partial charge in [-0.25, -0.2) is 4.39 Å². The van der Waals surface area contributed by atoms with Gasteiger partial charge in [-0.1, -0.05) is 20.1 Å². The van der Waals surface area contributed by atoms with Gasteiger partial charge in [0.1, 0.15) is 17.3 Å². The van der Waals surface area contributed by atoms with Crippen molar-refractivity contribution in [2.45, 2.75) is 19.8 Å². The molecule has 4 heteroatoms. The van der Waals surface area contributed by atoms with Gasteiger partial charge in [0.05, 0.1) is 13.5 Å². The van der Waals surface area contributed by atoms with E-state index in [2.05, 4.69) is 17.9 Å². The van der Waals surface area contributed by atoms with E-state index in [0.717, 1.165) is 0 Å². The Kier molecular flexibility index (Phi) is 6.40. The summed E-state index contributed by atoms with van der Waals surface area (Å²) in [5, 5.41) is 0. The molecular formula is C17H19FO3. The van der Waals surface area contributed by atoms with Gasteiger partial charge in [0.25, 0.3) is 0 Å². The minimum Gasteiger partial charge on any atom is -0.469 e. The first kappa shape index (κ1) is 16.7. The predicted octanol–water partition coefficient (Wildman–Crippen LogP) is 4.23. The van der Waals surface area contributed by atoms with E-state index in [0.29, 0.717) is 29.1 Å². The third-order valence-electron chi connectivity index (χ3n) is 2.73. The van der Waals surface area contributed by atoms with Gasteiger partial charge in [-0.05, 0) is 35.9 Å². The Hall–Kier alpha value is -2.36. The lowest BCUT2D eigenvalue weighted by Crippen LogP contribution is -2.01. The number of hydrogen-bond donors (Lipinski definition) is 0. The van der Waals surface area contributed by atoms with Crippen molar-refractivity contribution in [2.75, 3.05) is 7.11 Å².